The van der Waals surface area contributed by atoms with E-state index in [9.17, 15) is 4.79 Å². The summed E-state index contributed by atoms with van der Waals surface area (Å²) in [6.07, 6.45) is 0. The van der Waals surface area contributed by atoms with Gasteiger partial charge in [-0.25, -0.2) is 0 Å². The van der Waals surface area contributed by atoms with Crippen LogP contribution in [0.1, 0.15) is 15.9 Å². The molecule has 0 unspecified atom stereocenters. The number of nitrogens with zero attached hydrogens (tertiary/aromatic N) is 1. The molecule has 0 fully saturated rings. The van der Waals surface area contributed by atoms with E-state index in [0.29, 0.717) is 12.1 Å². The van der Waals surface area contributed by atoms with Crippen LogP contribution in [0.25, 0.3) is 0 Å². The number of hydrogen-bond acceptors (Lipinski definition) is 5. The maximum absolute atomic E-state index is 11.8. The Hall–Kier alpha value is -2.34. The number of hydrogen-bond donors (Lipinski definition) is 3. The van der Waals surface area contributed by atoms with E-state index in [1.54, 1.807) is 0 Å². The zero-order valence-electron chi connectivity index (χ0n) is 11.4. The summed E-state index contributed by atoms with van der Waals surface area (Å²) >= 11 is 1.52. The van der Waals surface area contributed by atoms with Crippen LogP contribution in [0.15, 0.2) is 46.1 Å². The fourth-order valence-electron chi connectivity index (χ4n) is 2.00. The first-order valence-corrected chi connectivity index (χ1v) is 7.70. The van der Waals surface area contributed by atoms with Crippen LogP contribution in [0.3, 0.4) is 0 Å². The second kappa shape index (κ2) is 6.41. The normalized spacial score (nSPS) is 13.4. The van der Waals surface area contributed by atoms with E-state index in [4.69, 9.17) is 0 Å². The molecule has 21 heavy (non-hydrogen) atoms. The van der Waals surface area contributed by atoms with Gasteiger partial charge in [0.05, 0.1) is 6.54 Å². The third-order valence-electron chi connectivity index (χ3n) is 3.13. The molecule has 0 aliphatic carbocycles. The Balaban J connectivity index is 1.53. The van der Waals surface area contributed by atoms with Crippen LogP contribution >= 0.6 is 11.3 Å². The van der Waals surface area contributed by atoms with Crippen LogP contribution in [0.4, 0.5) is 5.69 Å². The molecule has 1 aliphatic rings. The summed E-state index contributed by atoms with van der Waals surface area (Å²) in [5.41, 5.74) is 2.75. The van der Waals surface area contributed by atoms with Crippen molar-refractivity contribution < 1.29 is 4.79 Å². The van der Waals surface area contributed by atoms with Gasteiger partial charge in [0.25, 0.3) is 5.91 Å². The minimum absolute atomic E-state index is 0.0389. The number of nitrogens with one attached hydrogen (secondary N) is 3. The average molecular weight is 300 g/mol. The van der Waals surface area contributed by atoms with Crippen LogP contribution in [0.5, 0.6) is 0 Å². The molecule has 0 atom stereocenters. The first-order valence-electron chi connectivity index (χ1n) is 6.76. The zero-order valence-corrected chi connectivity index (χ0v) is 12.2. The lowest BCUT2D eigenvalue weighted by Gasteiger charge is -2.08. The summed E-state index contributed by atoms with van der Waals surface area (Å²) in [4.78, 5) is 16.1. The van der Waals surface area contributed by atoms with Crippen molar-refractivity contribution in [2.75, 3.05) is 18.4 Å². The molecule has 1 aromatic carbocycles. The third-order valence-corrected chi connectivity index (χ3v) is 3.81. The number of carbonyl (C=O) groups is 1. The molecule has 0 spiro atoms. The molecular weight excluding hydrogens is 284 g/mol. The maximum atomic E-state index is 11.8. The molecule has 3 N–H and O–H groups in total. The maximum Gasteiger partial charge on any atom is 0.252 e. The van der Waals surface area contributed by atoms with Crippen LogP contribution in [0, 0.1) is 0 Å². The molecule has 0 radical (unpaired) electrons. The average Bonchev–Trinajstić information content (AvgIpc) is 3.19. The van der Waals surface area contributed by atoms with Gasteiger partial charge in [-0.1, -0.05) is 12.1 Å². The molecule has 2 heterocycles. The highest BCUT2D eigenvalue weighted by Gasteiger charge is 2.06. The van der Waals surface area contributed by atoms with Crippen molar-refractivity contribution >= 4 is 28.9 Å². The second-order valence-electron chi connectivity index (χ2n) is 4.67. The summed E-state index contributed by atoms with van der Waals surface area (Å²) in [6, 6.07) is 9.77. The SMILES string of the molecule is O=C(NCc1ccc(NC2=NCCN2)cc1)c1ccsc1. The van der Waals surface area contributed by atoms with E-state index in [1.165, 1.54) is 11.3 Å². The first kappa shape index (κ1) is 13.6. The third kappa shape index (κ3) is 3.61. The van der Waals surface area contributed by atoms with Crippen LogP contribution in [0.2, 0.25) is 0 Å². The van der Waals surface area contributed by atoms with Crippen molar-refractivity contribution in [3.8, 4) is 0 Å². The highest BCUT2D eigenvalue weighted by molar-refractivity contribution is 7.08. The molecule has 5 nitrogen and oxygen atoms in total. The fourth-order valence-corrected chi connectivity index (χ4v) is 2.64. The molecule has 108 valence electrons. The van der Waals surface area contributed by atoms with Gasteiger partial charge >= 0.3 is 0 Å². The van der Waals surface area contributed by atoms with E-state index in [2.05, 4.69) is 20.9 Å². The number of guanidine groups is 1. The first-order chi connectivity index (χ1) is 10.3. The van der Waals surface area contributed by atoms with Crippen molar-refractivity contribution in [1.29, 1.82) is 0 Å². The number of amides is 1. The van der Waals surface area contributed by atoms with Gasteiger partial charge in [-0.2, -0.15) is 11.3 Å². The Labute approximate surface area is 127 Å². The largest absolute Gasteiger partial charge is 0.354 e. The fraction of sp³-hybridized carbons (Fsp3) is 0.200. The van der Waals surface area contributed by atoms with E-state index < -0.39 is 0 Å². The Morgan fingerprint density at radius 1 is 1.29 bits per heavy atom. The van der Waals surface area contributed by atoms with Gasteiger partial charge in [-0.3, -0.25) is 9.79 Å². The smallest absolute Gasteiger partial charge is 0.252 e. The van der Waals surface area contributed by atoms with Crippen LogP contribution < -0.4 is 16.0 Å². The number of benzene rings is 1. The van der Waals surface area contributed by atoms with E-state index in [1.807, 2.05) is 41.1 Å². The molecule has 0 bridgehead atoms. The van der Waals surface area contributed by atoms with Gasteiger partial charge in [-0.05, 0) is 29.1 Å². The van der Waals surface area contributed by atoms with E-state index in [0.717, 1.165) is 30.3 Å². The van der Waals surface area contributed by atoms with Crippen molar-refractivity contribution in [3.05, 3.63) is 52.2 Å². The molecule has 6 heteroatoms. The monoisotopic (exact) mass is 300 g/mol. The van der Waals surface area contributed by atoms with Crippen molar-refractivity contribution in [3.63, 3.8) is 0 Å². The topological polar surface area (TPSA) is 65.5 Å². The standard InChI is InChI=1S/C15H16N4OS/c20-14(12-5-8-21-10-12)18-9-11-1-3-13(4-2-11)19-15-16-6-7-17-15/h1-5,8,10H,6-7,9H2,(H,18,20)(H2,16,17,19). The van der Waals surface area contributed by atoms with Crippen LogP contribution in [-0.2, 0) is 6.54 Å². The number of anilines is 1. The molecule has 3 rings (SSSR count). The summed E-state index contributed by atoms with van der Waals surface area (Å²) in [7, 11) is 0. The Morgan fingerprint density at radius 2 is 2.14 bits per heavy atom. The number of rotatable bonds is 4. The molecule has 0 saturated carbocycles. The van der Waals surface area contributed by atoms with Gasteiger partial charge in [0.2, 0.25) is 0 Å². The highest BCUT2D eigenvalue weighted by Crippen LogP contribution is 2.11. The highest BCUT2D eigenvalue weighted by atomic mass is 32.1. The van der Waals surface area contributed by atoms with Gasteiger partial charge in [-0.15, -0.1) is 0 Å². The van der Waals surface area contributed by atoms with E-state index >= 15 is 0 Å². The number of aliphatic imine (C=N–C) groups is 1. The molecule has 1 aliphatic heterocycles. The van der Waals surface area contributed by atoms with Crippen molar-refractivity contribution in [2.45, 2.75) is 6.54 Å². The summed E-state index contributed by atoms with van der Waals surface area (Å²) in [6.45, 7) is 2.22. The minimum atomic E-state index is -0.0389. The zero-order chi connectivity index (χ0) is 14.5. The lowest BCUT2D eigenvalue weighted by molar-refractivity contribution is 0.0951. The molecule has 1 aromatic heterocycles. The van der Waals surface area contributed by atoms with Gasteiger partial charge in [0.1, 0.15) is 0 Å². The summed E-state index contributed by atoms with van der Waals surface area (Å²) in [5, 5.41) is 13.0. The quantitative estimate of drug-likeness (QED) is 0.809. The molecular formula is C15H16N4OS. The predicted octanol–water partition coefficient (Wildman–Crippen LogP) is 2.05. The predicted molar refractivity (Wildman–Crippen MR) is 85.9 cm³/mol. The van der Waals surface area contributed by atoms with E-state index in [-0.39, 0.29) is 5.91 Å². The summed E-state index contributed by atoms with van der Waals surface area (Å²) in [5.74, 6) is 0.775. The molecule has 1 amide bonds. The number of thiophene rings is 1. The lowest BCUT2D eigenvalue weighted by atomic mass is 10.2. The Kier molecular flexibility index (Phi) is 4.16. The van der Waals surface area contributed by atoms with Gasteiger partial charge in [0.15, 0.2) is 5.96 Å². The molecule has 0 saturated heterocycles. The number of carbonyl (C=O) groups excluding carboxylic acids is 1. The van der Waals surface area contributed by atoms with Gasteiger partial charge in [0, 0.05) is 29.7 Å². The van der Waals surface area contributed by atoms with Crippen molar-refractivity contribution in [1.82, 2.24) is 10.6 Å². The van der Waals surface area contributed by atoms with Crippen molar-refractivity contribution in [2.24, 2.45) is 4.99 Å². The Morgan fingerprint density at radius 3 is 2.81 bits per heavy atom. The lowest BCUT2D eigenvalue weighted by Crippen LogP contribution is -2.26. The second-order valence-corrected chi connectivity index (χ2v) is 5.45. The minimum Gasteiger partial charge on any atom is -0.354 e. The Bertz CT molecular complexity index is 634. The molecule has 2 aromatic rings. The van der Waals surface area contributed by atoms with Gasteiger partial charge < -0.3 is 16.0 Å². The summed E-state index contributed by atoms with van der Waals surface area (Å²) < 4.78 is 0. The van der Waals surface area contributed by atoms with Crippen LogP contribution in [-0.4, -0.2) is 25.0 Å².